The molecule has 0 aliphatic carbocycles. The molecule has 33 heavy (non-hydrogen) atoms. The summed E-state index contributed by atoms with van der Waals surface area (Å²) in [5.74, 6) is -1.10. The number of hydrogen-bond donors (Lipinski definition) is 0. The number of halogens is 1. The summed E-state index contributed by atoms with van der Waals surface area (Å²) >= 11 is 1.23. The molecule has 0 atom stereocenters. The van der Waals surface area contributed by atoms with Crippen molar-refractivity contribution in [3.8, 4) is 0 Å². The summed E-state index contributed by atoms with van der Waals surface area (Å²) < 4.78 is 45.7. The monoisotopic (exact) mass is 491 g/mol. The molecule has 2 heterocycles. The average molecular weight is 492 g/mol. The van der Waals surface area contributed by atoms with Gasteiger partial charge in [0.1, 0.15) is 11.3 Å². The number of fused-ring (bicyclic) bond motifs is 1. The van der Waals surface area contributed by atoms with Crippen LogP contribution in [0, 0.1) is 12.7 Å². The van der Waals surface area contributed by atoms with Crippen molar-refractivity contribution in [1.82, 2.24) is 9.88 Å². The van der Waals surface area contributed by atoms with Gasteiger partial charge in [0.05, 0.1) is 28.6 Å². The fraction of sp³-hybridized carbons (Fsp3) is 0.391. The van der Waals surface area contributed by atoms with Crippen molar-refractivity contribution in [3.05, 3.63) is 53.8 Å². The number of ether oxygens (including phenoxy) is 1. The van der Waals surface area contributed by atoms with Crippen LogP contribution in [0.3, 0.4) is 0 Å². The van der Waals surface area contributed by atoms with Gasteiger partial charge in [-0.3, -0.25) is 14.6 Å². The van der Waals surface area contributed by atoms with Crippen molar-refractivity contribution in [2.75, 3.05) is 50.0 Å². The van der Waals surface area contributed by atoms with Gasteiger partial charge >= 0.3 is 0 Å². The zero-order valence-corrected chi connectivity index (χ0v) is 20.0. The number of amides is 1. The molecule has 2 aromatic carbocycles. The zero-order chi connectivity index (χ0) is 23.4. The molecular formula is C23H26FN3O4S2. The Morgan fingerprint density at radius 1 is 1.18 bits per heavy atom. The van der Waals surface area contributed by atoms with Crippen LogP contribution in [0.25, 0.3) is 10.2 Å². The van der Waals surface area contributed by atoms with E-state index in [-0.39, 0.29) is 28.5 Å². The van der Waals surface area contributed by atoms with E-state index < -0.39 is 15.7 Å². The molecule has 0 saturated carbocycles. The highest BCUT2D eigenvalue weighted by molar-refractivity contribution is 7.91. The highest BCUT2D eigenvalue weighted by atomic mass is 32.2. The minimum Gasteiger partial charge on any atom is -0.379 e. The predicted octanol–water partition coefficient (Wildman–Crippen LogP) is 3.27. The number of aromatic nitrogens is 1. The van der Waals surface area contributed by atoms with Gasteiger partial charge in [-0.05, 0) is 31.2 Å². The Kier molecular flexibility index (Phi) is 7.38. The first kappa shape index (κ1) is 23.7. The normalized spacial score (nSPS) is 15.1. The Balaban J connectivity index is 1.52. The number of morpholine rings is 1. The Morgan fingerprint density at radius 2 is 1.91 bits per heavy atom. The Morgan fingerprint density at radius 3 is 2.61 bits per heavy atom. The van der Waals surface area contributed by atoms with Crippen molar-refractivity contribution in [2.24, 2.45) is 0 Å². The summed E-state index contributed by atoms with van der Waals surface area (Å²) in [6, 6.07) is 11.3. The molecule has 0 N–H and O–H groups in total. The molecule has 10 heteroatoms. The largest absolute Gasteiger partial charge is 0.379 e. The number of carbonyl (C=O) groups excluding carboxylic acids is 1. The maximum Gasteiger partial charge on any atom is 0.229 e. The summed E-state index contributed by atoms with van der Waals surface area (Å²) in [5, 5.41) is 0.376. The highest BCUT2D eigenvalue weighted by Crippen LogP contribution is 2.30. The molecule has 1 fully saturated rings. The van der Waals surface area contributed by atoms with Crippen LogP contribution in [0.15, 0.2) is 47.4 Å². The van der Waals surface area contributed by atoms with Crippen LogP contribution in [-0.4, -0.2) is 69.4 Å². The topological polar surface area (TPSA) is 79.8 Å². The van der Waals surface area contributed by atoms with Gasteiger partial charge in [0.15, 0.2) is 15.0 Å². The number of sulfone groups is 1. The van der Waals surface area contributed by atoms with E-state index in [1.165, 1.54) is 22.3 Å². The fourth-order valence-electron chi connectivity index (χ4n) is 3.63. The predicted molar refractivity (Wildman–Crippen MR) is 127 cm³/mol. The molecule has 1 aliphatic rings. The van der Waals surface area contributed by atoms with Crippen LogP contribution in [0.4, 0.5) is 9.52 Å². The first-order valence-electron chi connectivity index (χ1n) is 10.8. The molecule has 0 unspecified atom stereocenters. The molecular weight excluding hydrogens is 465 g/mol. The third-order valence-corrected chi connectivity index (χ3v) is 8.37. The lowest BCUT2D eigenvalue weighted by molar-refractivity contribution is -0.118. The molecule has 1 aliphatic heterocycles. The molecule has 1 amide bonds. The van der Waals surface area contributed by atoms with Gasteiger partial charge in [-0.15, -0.1) is 0 Å². The van der Waals surface area contributed by atoms with Gasteiger partial charge in [-0.2, -0.15) is 0 Å². The third-order valence-electron chi connectivity index (χ3n) is 5.60. The number of anilines is 1. The van der Waals surface area contributed by atoms with Crippen molar-refractivity contribution >= 4 is 42.4 Å². The number of para-hydroxylation sites is 1. The van der Waals surface area contributed by atoms with E-state index in [2.05, 4.69) is 9.88 Å². The number of rotatable bonds is 8. The third kappa shape index (κ3) is 5.75. The number of aryl methyl sites for hydroxylation is 1. The average Bonchev–Trinajstić information content (AvgIpc) is 3.24. The van der Waals surface area contributed by atoms with Crippen LogP contribution < -0.4 is 4.90 Å². The summed E-state index contributed by atoms with van der Waals surface area (Å²) in [6.45, 7) is 5.61. The molecule has 176 valence electrons. The van der Waals surface area contributed by atoms with Gasteiger partial charge in [0.2, 0.25) is 5.91 Å². The van der Waals surface area contributed by atoms with Crippen LogP contribution in [0.1, 0.15) is 12.0 Å². The summed E-state index contributed by atoms with van der Waals surface area (Å²) in [5.41, 5.74) is 1.18. The van der Waals surface area contributed by atoms with Crippen molar-refractivity contribution in [2.45, 2.75) is 18.2 Å². The van der Waals surface area contributed by atoms with Crippen molar-refractivity contribution < 1.29 is 22.3 Å². The first-order chi connectivity index (χ1) is 15.8. The van der Waals surface area contributed by atoms with Crippen LogP contribution in [0.2, 0.25) is 0 Å². The fourth-order valence-corrected chi connectivity index (χ4v) is 5.89. The van der Waals surface area contributed by atoms with Gasteiger partial charge in [0, 0.05) is 32.6 Å². The standard InChI is InChI=1S/C23H26FN3O4S2/c1-17-5-7-18(8-6-17)33(29,30)16-9-21(28)27(11-10-26-12-14-31-15-13-26)23-25-22-19(24)3-2-4-20(22)32-23/h2-8H,9-16H2,1H3. The van der Waals surface area contributed by atoms with Gasteiger partial charge in [-0.25, -0.2) is 17.8 Å². The number of carbonyl (C=O) groups is 1. The number of benzene rings is 2. The SMILES string of the molecule is Cc1ccc(S(=O)(=O)CCC(=O)N(CCN2CCOCC2)c2nc3c(F)cccc3s2)cc1. The molecule has 3 aromatic rings. The second-order valence-corrected chi connectivity index (χ2v) is 11.1. The van der Waals surface area contributed by atoms with Crippen LogP contribution >= 0.6 is 11.3 Å². The van der Waals surface area contributed by atoms with E-state index in [4.69, 9.17) is 4.74 Å². The van der Waals surface area contributed by atoms with E-state index in [0.717, 1.165) is 18.7 Å². The van der Waals surface area contributed by atoms with Gasteiger partial charge in [0.25, 0.3) is 0 Å². The number of nitrogens with zero attached hydrogens (tertiary/aromatic N) is 3. The Hall–Kier alpha value is -2.40. The Bertz CT molecular complexity index is 1220. The van der Waals surface area contributed by atoms with E-state index in [0.29, 0.717) is 36.1 Å². The second-order valence-electron chi connectivity index (χ2n) is 7.96. The molecule has 1 aromatic heterocycles. The van der Waals surface area contributed by atoms with Crippen LogP contribution in [-0.2, 0) is 19.4 Å². The van der Waals surface area contributed by atoms with E-state index in [9.17, 15) is 17.6 Å². The molecule has 4 rings (SSSR count). The number of hydrogen-bond acceptors (Lipinski definition) is 7. The van der Waals surface area contributed by atoms with E-state index in [1.54, 1.807) is 36.4 Å². The molecule has 0 bridgehead atoms. The van der Waals surface area contributed by atoms with Crippen molar-refractivity contribution in [1.29, 1.82) is 0 Å². The first-order valence-corrected chi connectivity index (χ1v) is 13.3. The summed E-state index contributed by atoms with van der Waals surface area (Å²) in [4.78, 5) is 21.4. The summed E-state index contributed by atoms with van der Waals surface area (Å²) in [6.07, 6.45) is -0.183. The minimum absolute atomic E-state index is 0.183. The molecule has 0 spiro atoms. The smallest absolute Gasteiger partial charge is 0.229 e. The van der Waals surface area contributed by atoms with Crippen molar-refractivity contribution in [3.63, 3.8) is 0 Å². The van der Waals surface area contributed by atoms with Gasteiger partial charge < -0.3 is 4.74 Å². The molecule has 0 radical (unpaired) electrons. The van der Waals surface area contributed by atoms with Crippen LogP contribution in [0.5, 0.6) is 0 Å². The van der Waals surface area contributed by atoms with E-state index in [1.807, 2.05) is 6.92 Å². The van der Waals surface area contributed by atoms with Gasteiger partial charge in [-0.1, -0.05) is 35.1 Å². The molecule has 7 nitrogen and oxygen atoms in total. The second kappa shape index (κ2) is 10.3. The Labute approximate surface area is 196 Å². The maximum absolute atomic E-state index is 14.2. The lowest BCUT2D eigenvalue weighted by Gasteiger charge is -2.29. The number of thiazole rings is 1. The quantitative estimate of drug-likeness (QED) is 0.481. The van der Waals surface area contributed by atoms with E-state index >= 15 is 0 Å². The lowest BCUT2D eigenvalue weighted by Crippen LogP contribution is -2.43. The zero-order valence-electron chi connectivity index (χ0n) is 18.4. The minimum atomic E-state index is -3.61. The highest BCUT2D eigenvalue weighted by Gasteiger charge is 2.24. The summed E-state index contributed by atoms with van der Waals surface area (Å²) in [7, 11) is -3.61. The maximum atomic E-state index is 14.2. The lowest BCUT2D eigenvalue weighted by atomic mass is 10.2. The molecule has 1 saturated heterocycles.